The summed E-state index contributed by atoms with van der Waals surface area (Å²) >= 11 is 0. The van der Waals surface area contributed by atoms with Gasteiger partial charge in [0.1, 0.15) is 17.1 Å². The Balaban J connectivity index is 2.29. The highest BCUT2D eigenvalue weighted by Gasteiger charge is 2.35. The summed E-state index contributed by atoms with van der Waals surface area (Å²) in [5.41, 5.74) is -0.386. The Bertz CT molecular complexity index is 710. The minimum absolute atomic E-state index is 0.200. The third-order valence-corrected chi connectivity index (χ3v) is 3.63. The van der Waals surface area contributed by atoms with Crippen LogP contribution in [0.15, 0.2) is 24.3 Å². The summed E-state index contributed by atoms with van der Waals surface area (Å²) in [5.74, 6) is -1.39. The van der Waals surface area contributed by atoms with Gasteiger partial charge in [0.2, 0.25) is 0 Å². The largest absolute Gasteiger partial charge is 0.467 e. The molecule has 2 rings (SSSR count). The molecular weight excluding hydrogens is 287 g/mol. The molecule has 1 heterocycles. The second-order valence-corrected chi connectivity index (χ2v) is 5.41. The summed E-state index contributed by atoms with van der Waals surface area (Å²) < 4.78 is 18.4. The van der Waals surface area contributed by atoms with E-state index in [2.05, 4.69) is 10.3 Å². The first-order valence-electron chi connectivity index (χ1n) is 7.09. The molecule has 22 heavy (non-hydrogen) atoms. The first-order valence-corrected chi connectivity index (χ1v) is 7.09. The average molecular weight is 306 g/mol. The van der Waals surface area contributed by atoms with Crippen molar-refractivity contribution in [2.75, 3.05) is 7.11 Å². The van der Waals surface area contributed by atoms with Gasteiger partial charge in [-0.25, -0.2) is 9.18 Å². The normalized spacial score (nSPS) is 13.6. The highest BCUT2D eigenvalue weighted by Crippen LogP contribution is 2.20. The van der Waals surface area contributed by atoms with Crippen LogP contribution in [0.25, 0.3) is 10.9 Å². The Morgan fingerprint density at radius 1 is 1.41 bits per heavy atom. The van der Waals surface area contributed by atoms with Crippen molar-refractivity contribution in [1.82, 2.24) is 10.3 Å². The third kappa shape index (κ3) is 2.95. The number of carbonyl (C=O) groups excluding carboxylic acids is 2. The molecule has 1 atom stereocenters. The monoisotopic (exact) mass is 306 g/mol. The van der Waals surface area contributed by atoms with Crippen LogP contribution in [0.4, 0.5) is 4.39 Å². The summed E-state index contributed by atoms with van der Waals surface area (Å²) in [6.45, 7) is 3.52. The number of ether oxygens (including phenoxy) is 1. The zero-order valence-electron chi connectivity index (χ0n) is 12.8. The van der Waals surface area contributed by atoms with E-state index in [1.165, 1.54) is 19.2 Å². The number of carbonyl (C=O) groups is 2. The lowest BCUT2D eigenvalue weighted by Gasteiger charge is -2.27. The Morgan fingerprint density at radius 2 is 2.14 bits per heavy atom. The lowest BCUT2D eigenvalue weighted by molar-refractivity contribution is -0.147. The predicted octanol–water partition coefficient (Wildman–Crippen LogP) is 2.77. The van der Waals surface area contributed by atoms with Gasteiger partial charge in [0.25, 0.3) is 5.91 Å². The van der Waals surface area contributed by atoms with Crippen molar-refractivity contribution >= 4 is 22.8 Å². The molecule has 0 radical (unpaired) electrons. The number of fused-ring (bicyclic) bond motifs is 1. The maximum absolute atomic E-state index is 13.7. The lowest BCUT2D eigenvalue weighted by atomic mass is 9.96. The number of nitrogens with one attached hydrogen (secondary N) is 2. The predicted molar refractivity (Wildman–Crippen MR) is 81.1 cm³/mol. The molecule has 0 fully saturated rings. The molecule has 0 aliphatic carbocycles. The molecule has 1 amide bonds. The van der Waals surface area contributed by atoms with Crippen LogP contribution in [0, 0.1) is 5.82 Å². The Morgan fingerprint density at radius 3 is 2.73 bits per heavy atom. The van der Waals surface area contributed by atoms with Crippen LogP contribution < -0.4 is 5.32 Å². The zero-order chi connectivity index (χ0) is 16.3. The van der Waals surface area contributed by atoms with Crippen LogP contribution in [0.3, 0.4) is 0 Å². The molecule has 0 bridgehead atoms. The summed E-state index contributed by atoms with van der Waals surface area (Å²) in [7, 11) is 1.28. The molecule has 1 aromatic carbocycles. The molecule has 0 aliphatic rings. The van der Waals surface area contributed by atoms with Crippen LogP contribution in [0.5, 0.6) is 0 Å². The molecule has 0 saturated carbocycles. The number of methoxy groups -OCH3 is 1. The highest BCUT2D eigenvalue weighted by molar-refractivity contribution is 6.00. The first-order chi connectivity index (χ1) is 10.4. The van der Waals surface area contributed by atoms with Crippen LogP contribution in [-0.4, -0.2) is 29.5 Å². The molecule has 1 unspecified atom stereocenters. The van der Waals surface area contributed by atoms with Gasteiger partial charge in [0.15, 0.2) is 0 Å². The van der Waals surface area contributed by atoms with Gasteiger partial charge in [0, 0.05) is 10.9 Å². The number of H-pyrrole nitrogens is 1. The number of aromatic nitrogens is 1. The number of hydrogen-bond donors (Lipinski definition) is 2. The Kier molecular flexibility index (Phi) is 4.49. The van der Waals surface area contributed by atoms with Crippen molar-refractivity contribution < 1.29 is 18.7 Å². The fourth-order valence-electron chi connectivity index (χ4n) is 2.50. The minimum atomic E-state index is -1.11. The summed E-state index contributed by atoms with van der Waals surface area (Å²) in [5, 5.41) is 3.01. The van der Waals surface area contributed by atoms with Crippen LogP contribution in [0.2, 0.25) is 0 Å². The number of amides is 1. The zero-order valence-corrected chi connectivity index (χ0v) is 12.8. The van der Waals surface area contributed by atoms with Crippen molar-refractivity contribution in [2.24, 2.45) is 0 Å². The van der Waals surface area contributed by atoms with Crippen molar-refractivity contribution in [3.8, 4) is 0 Å². The van der Waals surface area contributed by atoms with E-state index < -0.39 is 23.2 Å². The molecule has 6 heteroatoms. The standard InChI is InChI=1S/C16H19FN2O3/c1-4-8-16(2,15(21)22-3)19-14(20)13-9-10-11(17)6-5-7-12(10)18-13/h5-7,9,18H,4,8H2,1-3H3,(H,19,20). The molecular formula is C16H19FN2O3. The quantitative estimate of drug-likeness (QED) is 0.834. The lowest BCUT2D eigenvalue weighted by Crippen LogP contribution is -2.52. The van der Waals surface area contributed by atoms with Crippen LogP contribution in [0.1, 0.15) is 37.2 Å². The van der Waals surface area contributed by atoms with Crippen molar-refractivity contribution in [1.29, 1.82) is 0 Å². The summed E-state index contributed by atoms with van der Waals surface area (Å²) in [6.07, 6.45) is 1.15. The SMILES string of the molecule is CCCC(C)(NC(=O)c1cc2c(F)cccc2[nH]1)C(=O)OC. The van der Waals surface area contributed by atoms with Gasteiger partial charge < -0.3 is 15.0 Å². The number of hydrogen-bond acceptors (Lipinski definition) is 3. The number of aromatic amines is 1. The van der Waals surface area contributed by atoms with E-state index in [1.54, 1.807) is 19.1 Å². The molecule has 0 aliphatic heterocycles. The number of esters is 1. The number of halogens is 1. The average Bonchev–Trinajstić information content (AvgIpc) is 2.92. The molecule has 0 spiro atoms. The van der Waals surface area contributed by atoms with Crippen LogP contribution >= 0.6 is 0 Å². The van der Waals surface area contributed by atoms with Crippen molar-refractivity contribution in [3.63, 3.8) is 0 Å². The first kappa shape index (κ1) is 16.0. The minimum Gasteiger partial charge on any atom is -0.467 e. The molecule has 0 saturated heterocycles. The van der Waals surface area contributed by atoms with Gasteiger partial charge in [-0.2, -0.15) is 0 Å². The van der Waals surface area contributed by atoms with Crippen molar-refractivity contribution in [3.05, 3.63) is 35.8 Å². The van der Waals surface area contributed by atoms with E-state index in [0.717, 1.165) is 0 Å². The molecule has 2 aromatic rings. The van der Waals surface area contributed by atoms with Gasteiger partial charge in [-0.3, -0.25) is 4.79 Å². The molecule has 5 nitrogen and oxygen atoms in total. The molecule has 118 valence electrons. The van der Waals surface area contributed by atoms with E-state index in [9.17, 15) is 14.0 Å². The fraction of sp³-hybridized carbons (Fsp3) is 0.375. The van der Waals surface area contributed by atoms with E-state index >= 15 is 0 Å². The smallest absolute Gasteiger partial charge is 0.331 e. The molecule has 1 aromatic heterocycles. The van der Waals surface area contributed by atoms with Gasteiger partial charge in [-0.15, -0.1) is 0 Å². The maximum atomic E-state index is 13.7. The highest BCUT2D eigenvalue weighted by atomic mass is 19.1. The second-order valence-electron chi connectivity index (χ2n) is 5.41. The number of benzene rings is 1. The van der Waals surface area contributed by atoms with E-state index in [4.69, 9.17) is 4.74 Å². The number of rotatable bonds is 5. The van der Waals surface area contributed by atoms with E-state index in [0.29, 0.717) is 23.7 Å². The second kappa shape index (κ2) is 6.17. The Hall–Kier alpha value is -2.37. The fourth-order valence-corrected chi connectivity index (χ4v) is 2.50. The van der Waals surface area contributed by atoms with E-state index in [1.807, 2.05) is 6.92 Å². The van der Waals surface area contributed by atoms with Gasteiger partial charge in [-0.05, 0) is 31.5 Å². The summed E-state index contributed by atoms with van der Waals surface area (Å²) in [6, 6.07) is 6.00. The van der Waals surface area contributed by atoms with E-state index in [-0.39, 0.29) is 5.69 Å². The third-order valence-electron chi connectivity index (χ3n) is 3.63. The molecule has 2 N–H and O–H groups in total. The van der Waals surface area contributed by atoms with Gasteiger partial charge in [-0.1, -0.05) is 19.4 Å². The summed E-state index contributed by atoms with van der Waals surface area (Å²) in [4.78, 5) is 27.1. The topological polar surface area (TPSA) is 71.2 Å². The van der Waals surface area contributed by atoms with Crippen molar-refractivity contribution in [2.45, 2.75) is 32.2 Å². The van der Waals surface area contributed by atoms with Gasteiger partial charge in [0.05, 0.1) is 7.11 Å². The van der Waals surface area contributed by atoms with Gasteiger partial charge >= 0.3 is 5.97 Å². The Labute approximate surface area is 127 Å². The maximum Gasteiger partial charge on any atom is 0.331 e. The van der Waals surface area contributed by atoms with Crippen LogP contribution in [-0.2, 0) is 9.53 Å².